The number of ether oxygens (including phenoxy) is 2. The first kappa shape index (κ1) is 28.7. The zero-order chi connectivity index (χ0) is 28.9. The van der Waals surface area contributed by atoms with Gasteiger partial charge in [0.2, 0.25) is 0 Å². The number of carbonyl (C=O) groups excluding carboxylic acids is 2. The van der Waals surface area contributed by atoms with Crippen LogP contribution in [0.5, 0.6) is 5.75 Å². The van der Waals surface area contributed by atoms with E-state index in [0.29, 0.717) is 35.2 Å². The van der Waals surface area contributed by atoms with E-state index in [0.717, 1.165) is 28.9 Å². The molecular weight excluding hydrogens is 538 g/mol. The number of pyridine rings is 1. The first-order valence-corrected chi connectivity index (χ1v) is 14.5. The number of hydrogen-bond acceptors (Lipinski definition) is 8. The van der Waals surface area contributed by atoms with Gasteiger partial charge in [-0.25, -0.2) is 4.98 Å². The Balaban J connectivity index is 1.42. The lowest BCUT2D eigenvalue weighted by molar-refractivity contribution is 0.00921. The van der Waals surface area contributed by atoms with Crippen molar-refractivity contribution in [3.8, 4) is 5.75 Å². The van der Waals surface area contributed by atoms with Crippen LogP contribution in [0.3, 0.4) is 0 Å². The molecule has 2 amide bonds. The van der Waals surface area contributed by atoms with Gasteiger partial charge in [0, 0.05) is 64.0 Å². The lowest BCUT2D eigenvalue weighted by atomic mass is 10.0. The second-order valence-corrected chi connectivity index (χ2v) is 11.6. The Morgan fingerprint density at radius 1 is 1.12 bits per heavy atom. The minimum Gasteiger partial charge on any atom is -0.491 e. The van der Waals surface area contributed by atoms with Crippen LogP contribution in [0.2, 0.25) is 0 Å². The highest BCUT2D eigenvalue weighted by atomic mass is 32.1. The molecule has 10 heteroatoms. The van der Waals surface area contributed by atoms with Crippen LogP contribution < -0.4 is 10.1 Å². The molecule has 0 spiro atoms. The predicted molar refractivity (Wildman–Crippen MR) is 161 cm³/mol. The molecule has 3 heterocycles. The summed E-state index contributed by atoms with van der Waals surface area (Å²) < 4.78 is 13.1. The van der Waals surface area contributed by atoms with E-state index in [1.165, 1.54) is 11.3 Å². The highest BCUT2D eigenvalue weighted by Gasteiger charge is 2.28. The molecular formula is C31H35N5O4S. The molecule has 0 fully saturated rings. The summed E-state index contributed by atoms with van der Waals surface area (Å²) in [5, 5.41) is 3.30. The summed E-state index contributed by atoms with van der Waals surface area (Å²) >= 11 is 1.34. The van der Waals surface area contributed by atoms with Crippen LogP contribution >= 0.6 is 11.3 Å². The number of thiazole rings is 1. The van der Waals surface area contributed by atoms with Crippen LogP contribution in [0.4, 0.5) is 5.69 Å². The number of fused-ring (bicyclic) bond motifs is 2. The van der Waals surface area contributed by atoms with Crippen molar-refractivity contribution in [1.29, 1.82) is 0 Å². The molecule has 0 unspecified atom stereocenters. The molecule has 1 aliphatic rings. The van der Waals surface area contributed by atoms with E-state index in [-0.39, 0.29) is 29.9 Å². The maximum Gasteiger partial charge on any atom is 0.284 e. The minimum atomic E-state index is -0.309. The van der Waals surface area contributed by atoms with Crippen LogP contribution in [0.1, 0.15) is 39.6 Å². The molecule has 0 saturated heterocycles. The van der Waals surface area contributed by atoms with E-state index in [1.54, 1.807) is 49.7 Å². The number of nitrogens with one attached hydrogen (secondary N) is 1. The van der Waals surface area contributed by atoms with Crippen molar-refractivity contribution >= 4 is 39.1 Å². The van der Waals surface area contributed by atoms with Crippen molar-refractivity contribution < 1.29 is 19.1 Å². The molecule has 0 aliphatic carbocycles. The number of anilines is 1. The Morgan fingerprint density at radius 3 is 2.66 bits per heavy atom. The van der Waals surface area contributed by atoms with Gasteiger partial charge in [0.15, 0.2) is 5.01 Å². The number of aromatic nitrogens is 2. The lowest BCUT2D eigenvalue weighted by Gasteiger charge is -2.36. The molecule has 3 atom stereocenters. The van der Waals surface area contributed by atoms with E-state index in [9.17, 15) is 9.59 Å². The van der Waals surface area contributed by atoms with Gasteiger partial charge in [0.1, 0.15) is 12.4 Å². The van der Waals surface area contributed by atoms with Gasteiger partial charge >= 0.3 is 0 Å². The van der Waals surface area contributed by atoms with E-state index >= 15 is 0 Å². The zero-order valence-corrected chi connectivity index (χ0v) is 24.6. The summed E-state index contributed by atoms with van der Waals surface area (Å²) in [7, 11) is 3.47. The number of rotatable bonds is 5. The topological polar surface area (TPSA) is 96.9 Å². The zero-order valence-electron chi connectivity index (χ0n) is 23.7. The van der Waals surface area contributed by atoms with Gasteiger partial charge in [-0.2, -0.15) is 0 Å². The standard InChI is InChI=1S/C31H35N5O4S/c1-20-16-36(17-22-11-13-32-14-12-22)21(2)19-40-26-15-23(9-10-24(26)31(38)35(3)18-27(20)39-4)33-29(37)30-34-25-7-5-6-8-28(25)41-30/h5-15,20-21,27H,16-19H2,1-4H3,(H,33,37)/t20-,21+,27+/m1/s1. The van der Waals surface area contributed by atoms with Crippen LogP contribution in [0.15, 0.2) is 67.0 Å². The first-order chi connectivity index (χ1) is 19.8. The summed E-state index contributed by atoms with van der Waals surface area (Å²) in [4.78, 5) is 39.2. The highest BCUT2D eigenvalue weighted by molar-refractivity contribution is 7.20. The van der Waals surface area contributed by atoms with Crippen LogP contribution in [0, 0.1) is 5.92 Å². The summed E-state index contributed by atoms with van der Waals surface area (Å²) in [5.74, 6) is 0.109. The number of carbonyl (C=O) groups is 2. The Labute approximate surface area is 244 Å². The Bertz CT molecular complexity index is 1480. The molecule has 214 valence electrons. The number of benzene rings is 2. The van der Waals surface area contributed by atoms with Gasteiger partial charge in [0.25, 0.3) is 11.8 Å². The van der Waals surface area contributed by atoms with Gasteiger partial charge in [-0.1, -0.05) is 19.1 Å². The number of nitrogens with zero attached hydrogens (tertiary/aromatic N) is 4. The Kier molecular flexibility index (Phi) is 8.92. The van der Waals surface area contributed by atoms with Gasteiger partial charge in [-0.15, -0.1) is 11.3 Å². The van der Waals surface area contributed by atoms with Crippen molar-refractivity contribution in [2.24, 2.45) is 5.92 Å². The number of amides is 2. The van der Waals surface area contributed by atoms with Crippen molar-refractivity contribution in [3.05, 3.63) is 83.1 Å². The normalized spacial score (nSPS) is 20.5. The van der Waals surface area contributed by atoms with E-state index in [1.807, 2.05) is 36.4 Å². The molecule has 0 saturated carbocycles. The number of likely N-dealkylation sites (N-methyl/N-ethyl adjacent to an activating group) is 1. The SMILES string of the molecule is CO[C@H]1CN(C)C(=O)c2ccc(NC(=O)c3nc4ccccc4s3)cc2OC[C@H](C)N(Cc2ccncc2)C[C@H]1C. The lowest BCUT2D eigenvalue weighted by Crippen LogP contribution is -2.46. The quantitative estimate of drug-likeness (QED) is 0.361. The Hall–Kier alpha value is -3.86. The van der Waals surface area contributed by atoms with Crippen molar-refractivity contribution in [2.45, 2.75) is 32.5 Å². The average Bonchev–Trinajstić information content (AvgIpc) is 3.43. The molecule has 41 heavy (non-hydrogen) atoms. The average molecular weight is 574 g/mol. The maximum absolute atomic E-state index is 13.5. The van der Waals surface area contributed by atoms with E-state index < -0.39 is 0 Å². The fourth-order valence-corrected chi connectivity index (χ4v) is 5.88. The summed E-state index contributed by atoms with van der Waals surface area (Å²) in [6.07, 6.45) is 3.46. The van der Waals surface area contributed by atoms with E-state index in [2.05, 4.69) is 34.0 Å². The van der Waals surface area contributed by atoms with Crippen molar-refractivity contribution in [1.82, 2.24) is 19.8 Å². The molecule has 4 aromatic rings. The first-order valence-electron chi connectivity index (χ1n) is 13.7. The van der Waals surface area contributed by atoms with Gasteiger partial charge in [-0.05, 0) is 54.8 Å². The monoisotopic (exact) mass is 573 g/mol. The molecule has 5 rings (SSSR count). The third-order valence-corrected chi connectivity index (χ3v) is 8.49. The molecule has 2 aromatic heterocycles. The fourth-order valence-electron chi connectivity index (χ4n) is 5.02. The number of hydrogen-bond donors (Lipinski definition) is 1. The van der Waals surface area contributed by atoms with Gasteiger partial charge in [-0.3, -0.25) is 19.5 Å². The van der Waals surface area contributed by atoms with Crippen LogP contribution in [-0.4, -0.2) is 77.6 Å². The molecule has 1 aliphatic heterocycles. The van der Waals surface area contributed by atoms with E-state index in [4.69, 9.17) is 9.47 Å². The fraction of sp³-hybridized carbons (Fsp3) is 0.355. The second kappa shape index (κ2) is 12.8. The molecule has 2 aromatic carbocycles. The summed E-state index contributed by atoms with van der Waals surface area (Å²) in [6, 6.07) is 16.9. The third-order valence-electron chi connectivity index (χ3n) is 7.46. The van der Waals surface area contributed by atoms with Crippen molar-refractivity contribution in [2.75, 3.05) is 39.2 Å². The number of methoxy groups -OCH3 is 1. The minimum absolute atomic E-state index is 0.0317. The van der Waals surface area contributed by atoms with Crippen LogP contribution in [0.25, 0.3) is 10.2 Å². The highest BCUT2D eigenvalue weighted by Crippen LogP contribution is 2.28. The van der Waals surface area contributed by atoms with Crippen LogP contribution in [-0.2, 0) is 11.3 Å². The van der Waals surface area contributed by atoms with Crippen molar-refractivity contribution in [3.63, 3.8) is 0 Å². The van der Waals surface area contributed by atoms with Gasteiger partial charge in [0.05, 0.1) is 21.9 Å². The molecule has 1 N–H and O–H groups in total. The predicted octanol–water partition coefficient (Wildman–Crippen LogP) is 4.95. The largest absolute Gasteiger partial charge is 0.491 e. The summed E-state index contributed by atoms with van der Waals surface area (Å²) in [5.41, 5.74) is 2.90. The smallest absolute Gasteiger partial charge is 0.284 e. The molecule has 0 radical (unpaired) electrons. The molecule has 9 nitrogen and oxygen atoms in total. The Morgan fingerprint density at radius 2 is 1.90 bits per heavy atom. The summed E-state index contributed by atoms with van der Waals surface area (Å²) in [6.45, 7) is 6.55. The third kappa shape index (κ3) is 6.73. The van der Waals surface area contributed by atoms with Gasteiger partial charge < -0.3 is 19.7 Å². The maximum atomic E-state index is 13.5. The molecule has 0 bridgehead atoms. The number of para-hydroxylation sites is 1. The second-order valence-electron chi connectivity index (χ2n) is 10.5.